The Bertz CT molecular complexity index is 485. The van der Waals surface area contributed by atoms with E-state index in [0.717, 1.165) is 31.5 Å². The first kappa shape index (κ1) is 15.8. The van der Waals surface area contributed by atoms with E-state index in [4.69, 9.17) is 0 Å². The van der Waals surface area contributed by atoms with Crippen LogP contribution < -0.4 is 10.6 Å². The Hall–Kier alpha value is -1.56. The molecular weight excluding hydrogens is 281 g/mol. The number of rotatable bonds is 3. The van der Waals surface area contributed by atoms with Crippen molar-refractivity contribution in [3.8, 4) is 0 Å². The van der Waals surface area contributed by atoms with Gasteiger partial charge in [0.2, 0.25) is 5.91 Å². The molecular formula is C15H19F3N2O. The molecule has 2 unspecified atom stereocenters. The van der Waals surface area contributed by atoms with Gasteiger partial charge >= 0.3 is 6.18 Å². The van der Waals surface area contributed by atoms with Crippen LogP contribution >= 0.6 is 0 Å². The van der Waals surface area contributed by atoms with Crippen molar-refractivity contribution in [3.05, 3.63) is 35.4 Å². The fourth-order valence-electron chi connectivity index (χ4n) is 2.52. The van der Waals surface area contributed by atoms with Crippen LogP contribution in [-0.4, -0.2) is 18.5 Å². The van der Waals surface area contributed by atoms with E-state index < -0.39 is 11.7 Å². The molecule has 1 aromatic carbocycles. The molecule has 1 aliphatic heterocycles. The minimum absolute atomic E-state index is 0.0179. The molecule has 1 aliphatic rings. The number of carbonyl (C=O) groups excluding carboxylic acids is 1. The highest BCUT2D eigenvalue weighted by atomic mass is 19.4. The average molecular weight is 300 g/mol. The monoisotopic (exact) mass is 300 g/mol. The fraction of sp³-hybridized carbons (Fsp3) is 0.533. The summed E-state index contributed by atoms with van der Waals surface area (Å²) in [7, 11) is 0. The van der Waals surface area contributed by atoms with Gasteiger partial charge in [-0.3, -0.25) is 4.79 Å². The molecule has 1 fully saturated rings. The first-order valence-corrected chi connectivity index (χ1v) is 7.03. The maximum absolute atomic E-state index is 12.4. The Morgan fingerprint density at radius 2 is 2.00 bits per heavy atom. The second-order valence-corrected chi connectivity index (χ2v) is 5.49. The van der Waals surface area contributed by atoms with Crippen molar-refractivity contribution in [2.75, 3.05) is 6.54 Å². The zero-order chi connectivity index (χ0) is 15.5. The summed E-state index contributed by atoms with van der Waals surface area (Å²) in [5.74, 6) is -0.0426. The fourth-order valence-corrected chi connectivity index (χ4v) is 2.52. The van der Waals surface area contributed by atoms with Gasteiger partial charge in [-0.15, -0.1) is 0 Å². The molecule has 0 aliphatic carbocycles. The van der Waals surface area contributed by atoms with Gasteiger partial charge in [-0.25, -0.2) is 0 Å². The number of hydrogen-bond acceptors (Lipinski definition) is 2. The SMILES string of the molecule is CC1CC(C(=O)NCc2ccc(C(F)(F)F)cc2)CCN1. The largest absolute Gasteiger partial charge is 0.416 e. The van der Waals surface area contributed by atoms with Crippen molar-refractivity contribution in [2.45, 2.75) is 38.5 Å². The molecule has 2 N–H and O–H groups in total. The maximum Gasteiger partial charge on any atom is 0.416 e. The van der Waals surface area contributed by atoms with Crippen LogP contribution in [0.3, 0.4) is 0 Å². The molecule has 1 amide bonds. The lowest BCUT2D eigenvalue weighted by atomic mass is 9.92. The Kier molecular flexibility index (Phi) is 4.88. The Labute approximate surface area is 121 Å². The molecule has 21 heavy (non-hydrogen) atoms. The molecule has 0 saturated carbocycles. The summed E-state index contributed by atoms with van der Waals surface area (Å²) in [6, 6.07) is 5.19. The summed E-state index contributed by atoms with van der Waals surface area (Å²) in [5.41, 5.74) is -0.0110. The molecule has 116 valence electrons. The molecule has 2 atom stereocenters. The Morgan fingerprint density at radius 3 is 2.57 bits per heavy atom. The number of amides is 1. The molecule has 1 saturated heterocycles. The van der Waals surface area contributed by atoms with E-state index in [2.05, 4.69) is 10.6 Å². The van der Waals surface area contributed by atoms with Gasteiger partial charge in [-0.05, 0) is 44.0 Å². The molecule has 6 heteroatoms. The van der Waals surface area contributed by atoms with Crippen LogP contribution in [0.2, 0.25) is 0 Å². The lowest BCUT2D eigenvalue weighted by Crippen LogP contribution is -2.42. The second-order valence-electron chi connectivity index (χ2n) is 5.49. The van der Waals surface area contributed by atoms with Crippen LogP contribution in [0.1, 0.15) is 30.9 Å². The highest BCUT2D eigenvalue weighted by Gasteiger charge is 2.30. The quantitative estimate of drug-likeness (QED) is 0.901. The highest BCUT2D eigenvalue weighted by Crippen LogP contribution is 2.29. The van der Waals surface area contributed by atoms with Crippen LogP contribution in [0, 0.1) is 5.92 Å². The lowest BCUT2D eigenvalue weighted by molar-refractivity contribution is -0.137. The molecule has 1 aromatic rings. The van der Waals surface area contributed by atoms with E-state index in [-0.39, 0.29) is 18.4 Å². The van der Waals surface area contributed by atoms with Gasteiger partial charge in [0.25, 0.3) is 0 Å². The predicted molar refractivity (Wildman–Crippen MR) is 73.5 cm³/mol. The molecule has 0 radical (unpaired) electrons. The summed E-state index contributed by atoms with van der Waals surface area (Å²) in [5, 5.41) is 6.07. The minimum Gasteiger partial charge on any atom is -0.352 e. The molecule has 3 nitrogen and oxygen atoms in total. The zero-order valence-corrected chi connectivity index (χ0v) is 11.8. The summed E-state index contributed by atoms with van der Waals surface area (Å²) in [6.07, 6.45) is -2.74. The maximum atomic E-state index is 12.4. The van der Waals surface area contributed by atoms with E-state index in [0.29, 0.717) is 11.6 Å². The van der Waals surface area contributed by atoms with Gasteiger partial charge < -0.3 is 10.6 Å². The smallest absolute Gasteiger partial charge is 0.352 e. The van der Waals surface area contributed by atoms with Crippen molar-refractivity contribution in [1.82, 2.24) is 10.6 Å². The molecule has 2 rings (SSSR count). The Balaban J connectivity index is 1.86. The van der Waals surface area contributed by atoms with Gasteiger partial charge in [0.05, 0.1) is 5.56 Å². The number of carbonyl (C=O) groups is 1. The first-order chi connectivity index (χ1) is 9.86. The van der Waals surface area contributed by atoms with Crippen molar-refractivity contribution < 1.29 is 18.0 Å². The average Bonchev–Trinajstić information content (AvgIpc) is 2.44. The number of nitrogens with one attached hydrogen (secondary N) is 2. The number of hydrogen-bond donors (Lipinski definition) is 2. The van der Waals surface area contributed by atoms with E-state index in [1.54, 1.807) is 0 Å². The van der Waals surface area contributed by atoms with E-state index >= 15 is 0 Å². The van der Waals surface area contributed by atoms with Crippen LogP contribution in [-0.2, 0) is 17.5 Å². The van der Waals surface area contributed by atoms with E-state index in [9.17, 15) is 18.0 Å². The van der Waals surface area contributed by atoms with Gasteiger partial charge in [0.15, 0.2) is 0 Å². The van der Waals surface area contributed by atoms with Crippen molar-refractivity contribution >= 4 is 5.91 Å². The second kappa shape index (κ2) is 6.47. The third-order valence-corrected chi connectivity index (χ3v) is 3.74. The lowest BCUT2D eigenvalue weighted by Gasteiger charge is -2.27. The van der Waals surface area contributed by atoms with Gasteiger partial charge in [0, 0.05) is 18.5 Å². The van der Waals surface area contributed by atoms with Crippen LogP contribution in [0.4, 0.5) is 13.2 Å². The van der Waals surface area contributed by atoms with Crippen molar-refractivity contribution in [2.24, 2.45) is 5.92 Å². The van der Waals surface area contributed by atoms with E-state index in [1.165, 1.54) is 12.1 Å². The Morgan fingerprint density at radius 1 is 1.33 bits per heavy atom. The first-order valence-electron chi connectivity index (χ1n) is 7.03. The molecule has 0 aromatic heterocycles. The van der Waals surface area contributed by atoms with Crippen LogP contribution in [0.5, 0.6) is 0 Å². The minimum atomic E-state index is -4.33. The summed E-state index contributed by atoms with van der Waals surface area (Å²) in [4.78, 5) is 12.0. The van der Waals surface area contributed by atoms with Crippen LogP contribution in [0.15, 0.2) is 24.3 Å². The molecule has 0 spiro atoms. The third kappa shape index (κ3) is 4.46. The van der Waals surface area contributed by atoms with Crippen molar-refractivity contribution in [3.63, 3.8) is 0 Å². The predicted octanol–water partition coefficient (Wildman–Crippen LogP) is 2.71. The summed E-state index contributed by atoms with van der Waals surface area (Å²) < 4.78 is 37.3. The number of alkyl halides is 3. The highest BCUT2D eigenvalue weighted by molar-refractivity contribution is 5.78. The zero-order valence-electron chi connectivity index (χ0n) is 11.8. The van der Waals surface area contributed by atoms with E-state index in [1.807, 2.05) is 6.92 Å². The standard InChI is InChI=1S/C15H19F3N2O/c1-10-8-12(6-7-19-10)14(21)20-9-11-2-4-13(5-3-11)15(16,17)18/h2-5,10,12,19H,6-9H2,1H3,(H,20,21). The molecule has 0 bridgehead atoms. The normalized spacial score (nSPS) is 22.9. The van der Waals surface area contributed by atoms with Gasteiger partial charge in [-0.1, -0.05) is 12.1 Å². The summed E-state index contributed by atoms with van der Waals surface area (Å²) >= 11 is 0. The number of piperidine rings is 1. The third-order valence-electron chi connectivity index (χ3n) is 3.74. The topological polar surface area (TPSA) is 41.1 Å². The number of halogens is 3. The van der Waals surface area contributed by atoms with Crippen LogP contribution in [0.25, 0.3) is 0 Å². The number of benzene rings is 1. The summed E-state index contributed by atoms with van der Waals surface area (Å²) in [6.45, 7) is 3.12. The molecule has 1 heterocycles. The van der Waals surface area contributed by atoms with Gasteiger partial charge in [0.1, 0.15) is 0 Å². The van der Waals surface area contributed by atoms with Gasteiger partial charge in [-0.2, -0.15) is 13.2 Å². The van der Waals surface area contributed by atoms with Crippen molar-refractivity contribution in [1.29, 1.82) is 0 Å².